The number of hydrogen-bond donors (Lipinski definition) is 1. The fourth-order valence-electron chi connectivity index (χ4n) is 2.54. The molecular formula is C16H28N4O4. The van der Waals surface area contributed by atoms with Crippen LogP contribution in [0.15, 0.2) is 4.52 Å². The van der Waals surface area contributed by atoms with Gasteiger partial charge in [-0.1, -0.05) is 19.0 Å². The fourth-order valence-corrected chi connectivity index (χ4v) is 2.54. The van der Waals surface area contributed by atoms with E-state index in [-0.39, 0.29) is 11.9 Å². The Bertz CT molecular complexity index is 498. The lowest BCUT2D eigenvalue weighted by molar-refractivity contribution is 0.0494. The molecule has 24 heavy (non-hydrogen) atoms. The summed E-state index contributed by atoms with van der Waals surface area (Å²) in [7, 11) is 1.63. The molecule has 1 aliphatic rings. The van der Waals surface area contributed by atoms with Crippen LogP contribution >= 0.6 is 0 Å². The number of urea groups is 1. The van der Waals surface area contributed by atoms with E-state index in [4.69, 9.17) is 14.0 Å². The SMILES string of the molecule is COCCOCc1nc(C2CCN(C(=O)NCC(C)C)CC2)no1. The highest BCUT2D eigenvalue weighted by Crippen LogP contribution is 2.26. The lowest BCUT2D eigenvalue weighted by Gasteiger charge is -2.30. The monoisotopic (exact) mass is 340 g/mol. The molecule has 1 saturated heterocycles. The van der Waals surface area contributed by atoms with Gasteiger partial charge >= 0.3 is 6.03 Å². The van der Waals surface area contributed by atoms with E-state index < -0.39 is 0 Å². The van der Waals surface area contributed by atoms with Crippen molar-refractivity contribution >= 4 is 6.03 Å². The smallest absolute Gasteiger partial charge is 0.317 e. The maximum atomic E-state index is 12.1. The summed E-state index contributed by atoms with van der Waals surface area (Å²) in [6.45, 7) is 7.63. The van der Waals surface area contributed by atoms with Crippen LogP contribution in [0.25, 0.3) is 0 Å². The van der Waals surface area contributed by atoms with Gasteiger partial charge < -0.3 is 24.2 Å². The van der Waals surface area contributed by atoms with Crippen LogP contribution in [0, 0.1) is 5.92 Å². The second-order valence-corrected chi connectivity index (χ2v) is 6.43. The topological polar surface area (TPSA) is 89.7 Å². The van der Waals surface area contributed by atoms with Crippen LogP contribution in [-0.2, 0) is 16.1 Å². The second-order valence-electron chi connectivity index (χ2n) is 6.43. The highest BCUT2D eigenvalue weighted by molar-refractivity contribution is 5.74. The molecule has 8 heteroatoms. The van der Waals surface area contributed by atoms with Gasteiger partial charge in [0.05, 0.1) is 13.2 Å². The fraction of sp³-hybridized carbons (Fsp3) is 0.812. The Morgan fingerprint density at radius 2 is 2.12 bits per heavy atom. The third kappa shape index (κ3) is 5.76. The van der Waals surface area contributed by atoms with Crippen LogP contribution in [0.4, 0.5) is 4.79 Å². The van der Waals surface area contributed by atoms with E-state index in [9.17, 15) is 4.79 Å². The Morgan fingerprint density at radius 1 is 1.38 bits per heavy atom. The Morgan fingerprint density at radius 3 is 2.79 bits per heavy atom. The first-order valence-electron chi connectivity index (χ1n) is 8.52. The number of amides is 2. The van der Waals surface area contributed by atoms with Crippen LogP contribution in [-0.4, -0.2) is 61.0 Å². The number of nitrogens with zero attached hydrogens (tertiary/aromatic N) is 3. The van der Waals surface area contributed by atoms with E-state index in [0.29, 0.717) is 57.1 Å². The highest BCUT2D eigenvalue weighted by Gasteiger charge is 2.26. The van der Waals surface area contributed by atoms with E-state index in [1.54, 1.807) is 7.11 Å². The normalized spacial score (nSPS) is 15.9. The van der Waals surface area contributed by atoms with E-state index in [1.165, 1.54) is 0 Å². The van der Waals surface area contributed by atoms with Gasteiger partial charge in [0.1, 0.15) is 6.61 Å². The molecule has 1 aromatic rings. The van der Waals surface area contributed by atoms with Gasteiger partial charge in [0.25, 0.3) is 5.89 Å². The maximum Gasteiger partial charge on any atom is 0.317 e. The number of nitrogens with one attached hydrogen (secondary N) is 1. The van der Waals surface area contributed by atoms with Crippen molar-refractivity contribution in [1.29, 1.82) is 0 Å². The summed E-state index contributed by atoms with van der Waals surface area (Å²) in [6, 6.07) is 0.0162. The molecule has 0 spiro atoms. The number of carbonyl (C=O) groups is 1. The lowest BCUT2D eigenvalue weighted by Crippen LogP contribution is -2.45. The second kappa shape index (κ2) is 9.58. The number of rotatable bonds is 8. The molecule has 0 radical (unpaired) electrons. The van der Waals surface area contributed by atoms with Crippen molar-refractivity contribution in [2.45, 2.75) is 39.2 Å². The van der Waals surface area contributed by atoms with Gasteiger partial charge in [0.15, 0.2) is 5.82 Å². The molecule has 0 atom stereocenters. The number of likely N-dealkylation sites (tertiary alicyclic amines) is 1. The Hall–Kier alpha value is -1.67. The molecular weight excluding hydrogens is 312 g/mol. The first kappa shape index (κ1) is 18.7. The molecule has 1 aromatic heterocycles. The summed E-state index contributed by atoms with van der Waals surface area (Å²) >= 11 is 0. The summed E-state index contributed by atoms with van der Waals surface area (Å²) in [5, 5.41) is 7.01. The van der Waals surface area contributed by atoms with Crippen LogP contribution in [0.5, 0.6) is 0 Å². The zero-order valence-electron chi connectivity index (χ0n) is 14.8. The first-order valence-corrected chi connectivity index (χ1v) is 8.52. The number of aromatic nitrogens is 2. The molecule has 1 N–H and O–H groups in total. The summed E-state index contributed by atoms with van der Waals surface area (Å²) < 4.78 is 15.5. The van der Waals surface area contributed by atoms with Gasteiger partial charge in [-0.05, 0) is 18.8 Å². The number of ether oxygens (including phenoxy) is 2. The number of carbonyl (C=O) groups excluding carboxylic acids is 1. The molecule has 2 rings (SSSR count). The molecule has 1 aliphatic heterocycles. The van der Waals surface area contributed by atoms with Crippen LogP contribution in [0.1, 0.15) is 44.3 Å². The van der Waals surface area contributed by atoms with Crippen molar-refractivity contribution in [3.8, 4) is 0 Å². The minimum absolute atomic E-state index is 0.0162. The van der Waals surface area contributed by atoms with E-state index in [0.717, 1.165) is 12.8 Å². The quantitative estimate of drug-likeness (QED) is 0.726. The third-order valence-corrected chi connectivity index (χ3v) is 3.95. The van der Waals surface area contributed by atoms with E-state index in [2.05, 4.69) is 29.3 Å². The minimum atomic E-state index is 0.0162. The summed E-state index contributed by atoms with van der Waals surface area (Å²) in [5.41, 5.74) is 0. The highest BCUT2D eigenvalue weighted by atomic mass is 16.5. The van der Waals surface area contributed by atoms with Gasteiger partial charge in [-0.3, -0.25) is 0 Å². The van der Waals surface area contributed by atoms with Crippen LogP contribution in [0.3, 0.4) is 0 Å². The zero-order valence-corrected chi connectivity index (χ0v) is 14.8. The number of hydrogen-bond acceptors (Lipinski definition) is 6. The maximum absolute atomic E-state index is 12.1. The van der Waals surface area contributed by atoms with Crippen LogP contribution < -0.4 is 5.32 Å². The lowest BCUT2D eigenvalue weighted by atomic mass is 9.96. The van der Waals surface area contributed by atoms with Crippen molar-refractivity contribution in [2.75, 3.05) is 40.0 Å². The number of methoxy groups -OCH3 is 1. The van der Waals surface area contributed by atoms with Crippen LogP contribution in [0.2, 0.25) is 0 Å². The third-order valence-electron chi connectivity index (χ3n) is 3.95. The molecule has 0 unspecified atom stereocenters. The summed E-state index contributed by atoms with van der Waals surface area (Å²) in [5.74, 6) is 1.88. The van der Waals surface area contributed by atoms with Gasteiger partial charge in [-0.15, -0.1) is 0 Å². The molecule has 1 fully saturated rings. The average Bonchev–Trinajstić information content (AvgIpc) is 3.05. The standard InChI is InChI=1S/C16H28N4O4/c1-12(2)10-17-16(21)20-6-4-13(5-7-20)15-18-14(24-19-15)11-23-9-8-22-3/h12-13H,4-11H2,1-3H3,(H,17,21). The predicted octanol–water partition coefficient (Wildman–Crippen LogP) is 1.78. The largest absolute Gasteiger partial charge is 0.382 e. The molecule has 2 heterocycles. The molecule has 2 amide bonds. The minimum Gasteiger partial charge on any atom is -0.382 e. The molecule has 0 aliphatic carbocycles. The van der Waals surface area contributed by atoms with Crippen molar-refractivity contribution in [1.82, 2.24) is 20.4 Å². The first-order chi connectivity index (χ1) is 11.6. The molecule has 8 nitrogen and oxygen atoms in total. The Labute approximate surface area is 142 Å². The Balaban J connectivity index is 1.74. The Kier molecular flexibility index (Phi) is 7.45. The van der Waals surface area contributed by atoms with Gasteiger partial charge in [0, 0.05) is 32.7 Å². The summed E-state index contributed by atoms with van der Waals surface area (Å²) in [6.07, 6.45) is 1.69. The van der Waals surface area contributed by atoms with Crippen molar-refractivity contribution in [3.05, 3.63) is 11.7 Å². The van der Waals surface area contributed by atoms with E-state index >= 15 is 0 Å². The number of piperidine rings is 1. The molecule has 0 aromatic carbocycles. The molecule has 0 saturated carbocycles. The van der Waals surface area contributed by atoms with Gasteiger partial charge in [0.2, 0.25) is 0 Å². The van der Waals surface area contributed by atoms with Gasteiger partial charge in [-0.2, -0.15) is 4.98 Å². The molecule has 136 valence electrons. The average molecular weight is 340 g/mol. The molecule has 0 bridgehead atoms. The summed E-state index contributed by atoms with van der Waals surface area (Å²) in [4.78, 5) is 18.3. The van der Waals surface area contributed by atoms with Gasteiger partial charge in [-0.25, -0.2) is 4.79 Å². The van der Waals surface area contributed by atoms with Crippen molar-refractivity contribution in [2.24, 2.45) is 5.92 Å². The van der Waals surface area contributed by atoms with Crippen molar-refractivity contribution < 1.29 is 18.8 Å². The van der Waals surface area contributed by atoms with Crippen molar-refractivity contribution in [3.63, 3.8) is 0 Å². The zero-order chi connectivity index (χ0) is 17.4. The van der Waals surface area contributed by atoms with E-state index in [1.807, 2.05) is 4.90 Å². The predicted molar refractivity (Wildman–Crippen MR) is 87.6 cm³/mol.